The summed E-state index contributed by atoms with van der Waals surface area (Å²) in [5.74, 6) is -1.26. The number of ether oxygens (including phenoxy) is 3. The number of fused-ring (bicyclic) bond motifs is 1. The molecule has 1 amide bonds. The maximum Gasteiger partial charge on any atom is 0.408 e. The van der Waals surface area contributed by atoms with Gasteiger partial charge in [-0.3, -0.25) is 4.79 Å². The van der Waals surface area contributed by atoms with Crippen molar-refractivity contribution in [3.63, 3.8) is 0 Å². The number of hydrogen-bond acceptors (Lipinski definition) is 8. The summed E-state index contributed by atoms with van der Waals surface area (Å²) in [6.45, 7) is 1.85. The Morgan fingerprint density at radius 3 is 2.15 bits per heavy atom. The second kappa shape index (κ2) is 13.0. The van der Waals surface area contributed by atoms with Gasteiger partial charge in [0.05, 0.1) is 0 Å². The van der Waals surface area contributed by atoms with E-state index >= 15 is 0 Å². The van der Waals surface area contributed by atoms with Crippen LogP contribution in [0.4, 0.5) is 4.79 Å². The van der Waals surface area contributed by atoms with E-state index in [1.54, 1.807) is 31.2 Å². The van der Waals surface area contributed by atoms with Crippen molar-refractivity contribution in [1.29, 1.82) is 0 Å². The SMILES string of the molecule is Cc1cc(=O)oc2cc(OC(=O)C(CCC(=O)OCc3ccccc3)NC(=O)OCc3ccccc3)ccc12. The highest BCUT2D eigenvalue weighted by Gasteiger charge is 2.25. The second-order valence-corrected chi connectivity index (χ2v) is 8.77. The predicted octanol–water partition coefficient (Wildman–Crippen LogP) is 4.83. The molecule has 0 radical (unpaired) electrons. The minimum absolute atomic E-state index is 0.00336. The monoisotopic (exact) mass is 529 g/mol. The van der Waals surface area contributed by atoms with E-state index in [9.17, 15) is 19.2 Å². The van der Waals surface area contributed by atoms with Gasteiger partial charge in [-0.2, -0.15) is 0 Å². The van der Waals surface area contributed by atoms with Crippen LogP contribution in [0.15, 0.2) is 94.1 Å². The highest BCUT2D eigenvalue weighted by Crippen LogP contribution is 2.23. The largest absolute Gasteiger partial charge is 0.461 e. The molecule has 4 aromatic rings. The van der Waals surface area contributed by atoms with Crippen LogP contribution < -0.4 is 15.7 Å². The van der Waals surface area contributed by atoms with Gasteiger partial charge in [-0.1, -0.05) is 60.7 Å². The predicted molar refractivity (Wildman–Crippen MR) is 142 cm³/mol. The maximum atomic E-state index is 13.0. The van der Waals surface area contributed by atoms with Crippen LogP contribution in [0.2, 0.25) is 0 Å². The molecule has 0 fully saturated rings. The average Bonchev–Trinajstić information content (AvgIpc) is 2.93. The number of amides is 1. The molecule has 4 rings (SSSR count). The zero-order chi connectivity index (χ0) is 27.6. The van der Waals surface area contributed by atoms with Gasteiger partial charge in [-0.25, -0.2) is 14.4 Å². The van der Waals surface area contributed by atoms with Gasteiger partial charge in [-0.05, 0) is 42.2 Å². The van der Waals surface area contributed by atoms with Gasteiger partial charge in [0.25, 0.3) is 0 Å². The molecule has 1 unspecified atom stereocenters. The van der Waals surface area contributed by atoms with E-state index in [4.69, 9.17) is 18.6 Å². The Hall–Kier alpha value is -4.92. The molecule has 0 saturated heterocycles. The topological polar surface area (TPSA) is 121 Å². The Morgan fingerprint density at radius 2 is 1.49 bits per heavy atom. The van der Waals surface area contributed by atoms with Gasteiger partial charge in [0.2, 0.25) is 0 Å². The lowest BCUT2D eigenvalue weighted by Crippen LogP contribution is -2.43. The first kappa shape index (κ1) is 27.1. The molecule has 1 N–H and O–H groups in total. The number of rotatable bonds is 10. The summed E-state index contributed by atoms with van der Waals surface area (Å²) in [5, 5.41) is 3.16. The number of nitrogens with one attached hydrogen (secondary N) is 1. The van der Waals surface area contributed by atoms with Crippen LogP contribution in [-0.2, 0) is 32.3 Å². The molecule has 1 atom stereocenters. The maximum absolute atomic E-state index is 13.0. The first-order chi connectivity index (χ1) is 18.9. The summed E-state index contributed by atoms with van der Waals surface area (Å²) in [5.41, 5.74) is 2.03. The third kappa shape index (κ3) is 8.03. The van der Waals surface area contributed by atoms with Crippen molar-refractivity contribution in [3.8, 4) is 5.75 Å². The van der Waals surface area contributed by atoms with Crippen LogP contribution in [0, 0.1) is 6.92 Å². The van der Waals surface area contributed by atoms with Crippen LogP contribution in [0.3, 0.4) is 0 Å². The van der Waals surface area contributed by atoms with Gasteiger partial charge in [0.15, 0.2) is 0 Å². The normalized spacial score (nSPS) is 11.4. The van der Waals surface area contributed by atoms with Crippen molar-refractivity contribution in [1.82, 2.24) is 5.32 Å². The smallest absolute Gasteiger partial charge is 0.408 e. The molecule has 0 aliphatic rings. The molecule has 200 valence electrons. The standard InChI is InChI=1S/C30H27NO8/c1-20-16-28(33)39-26-17-23(12-13-24(20)26)38-29(34)25(31-30(35)37-19-22-10-6-3-7-11-22)14-15-27(32)36-18-21-8-4-2-5-9-21/h2-13,16-17,25H,14-15,18-19H2,1H3,(H,31,35). The fourth-order valence-electron chi connectivity index (χ4n) is 3.78. The highest BCUT2D eigenvalue weighted by molar-refractivity contribution is 5.86. The van der Waals surface area contributed by atoms with Crippen LogP contribution in [-0.4, -0.2) is 24.1 Å². The van der Waals surface area contributed by atoms with Gasteiger partial charge in [0.1, 0.15) is 30.6 Å². The number of aryl methyl sites for hydroxylation is 1. The molecule has 0 bridgehead atoms. The van der Waals surface area contributed by atoms with Gasteiger partial charge < -0.3 is 23.9 Å². The summed E-state index contributed by atoms with van der Waals surface area (Å²) in [4.78, 5) is 49.6. The second-order valence-electron chi connectivity index (χ2n) is 8.77. The molecule has 39 heavy (non-hydrogen) atoms. The third-order valence-electron chi connectivity index (χ3n) is 5.81. The molecule has 1 heterocycles. The van der Waals surface area contributed by atoms with E-state index in [0.29, 0.717) is 10.9 Å². The third-order valence-corrected chi connectivity index (χ3v) is 5.81. The molecule has 0 aliphatic carbocycles. The minimum atomic E-state index is -1.21. The lowest BCUT2D eigenvalue weighted by Gasteiger charge is -2.17. The fraction of sp³-hybridized carbons (Fsp3) is 0.200. The number of esters is 2. The number of carbonyl (C=O) groups excluding carboxylic acids is 3. The summed E-state index contributed by atoms with van der Waals surface area (Å²) in [7, 11) is 0. The zero-order valence-corrected chi connectivity index (χ0v) is 21.3. The van der Waals surface area contributed by atoms with Crippen LogP contribution >= 0.6 is 0 Å². The first-order valence-electron chi connectivity index (χ1n) is 12.3. The number of hydrogen-bond donors (Lipinski definition) is 1. The van der Waals surface area contributed by atoms with E-state index in [-0.39, 0.29) is 37.4 Å². The van der Waals surface area contributed by atoms with Gasteiger partial charge in [0, 0.05) is 23.9 Å². The number of benzene rings is 3. The molecule has 0 saturated carbocycles. The molecule has 0 aliphatic heterocycles. The van der Waals surface area contributed by atoms with Gasteiger partial charge >= 0.3 is 23.7 Å². The molecule has 9 heteroatoms. The lowest BCUT2D eigenvalue weighted by molar-refractivity contribution is -0.145. The molecule has 0 spiro atoms. The molecule has 3 aromatic carbocycles. The van der Waals surface area contributed by atoms with Gasteiger partial charge in [-0.15, -0.1) is 0 Å². The highest BCUT2D eigenvalue weighted by atomic mass is 16.6. The fourth-order valence-corrected chi connectivity index (χ4v) is 3.78. The minimum Gasteiger partial charge on any atom is -0.461 e. The lowest BCUT2D eigenvalue weighted by atomic mass is 10.1. The number of carbonyl (C=O) groups is 3. The van der Waals surface area contributed by atoms with Crippen molar-refractivity contribution in [2.45, 2.75) is 39.0 Å². The number of alkyl carbamates (subject to hydrolysis) is 1. The van der Waals surface area contributed by atoms with Crippen molar-refractivity contribution in [2.24, 2.45) is 0 Å². The van der Waals surface area contributed by atoms with E-state index in [1.807, 2.05) is 48.5 Å². The van der Waals surface area contributed by atoms with Crippen molar-refractivity contribution in [3.05, 3.63) is 112 Å². The van der Waals surface area contributed by atoms with Crippen LogP contribution in [0.25, 0.3) is 11.0 Å². The summed E-state index contributed by atoms with van der Waals surface area (Å²) < 4.78 is 21.2. The Morgan fingerprint density at radius 1 is 0.846 bits per heavy atom. The van der Waals surface area contributed by atoms with E-state index < -0.39 is 29.7 Å². The van der Waals surface area contributed by atoms with Crippen LogP contribution in [0.5, 0.6) is 5.75 Å². The zero-order valence-electron chi connectivity index (χ0n) is 21.3. The van der Waals surface area contributed by atoms with Crippen molar-refractivity contribution in [2.75, 3.05) is 0 Å². The van der Waals surface area contributed by atoms with Crippen LogP contribution in [0.1, 0.15) is 29.5 Å². The Labute approximate surface area is 224 Å². The Balaban J connectivity index is 1.41. The molecule has 1 aromatic heterocycles. The summed E-state index contributed by atoms with van der Waals surface area (Å²) >= 11 is 0. The Kier molecular flexibility index (Phi) is 9.07. The molecular formula is C30H27NO8. The van der Waals surface area contributed by atoms with E-state index in [1.165, 1.54) is 12.1 Å². The summed E-state index contributed by atoms with van der Waals surface area (Å²) in [6.07, 6.45) is -1.09. The quantitative estimate of drug-likeness (QED) is 0.176. The molecular weight excluding hydrogens is 502 g/mol. The molecule has 9 nitrogen and oxygen atoms in total. The van der Waals surface area contributed by atoms with Crippen molar-refractivity contribution < 1.29 is 33.0 Å². The first-order valence-corrected chi connectivity index (χ1v) is 12.3. The summed E-state index contributed by atoms with van der Waals surface area (Å²) in [6, 6.07) is 23.0. The Bertz CT molecular complexity index is 1500. The van der Waals surface area contributed by atoms with E-state index in [0.717, 1.165) is 11.1 Å². The average molecular weight is 530 g/mol. The van der Waals surface area contributed by atoms with Crippen molar-refractivity contribution >= 4 is 29.0 Å². The van der Waals surface area contributed by atoms with E-state index in [2.05, 4.69) is 5.32 Å².